The number of rotatable bonds is 4. The predicted molar refractivity (Wildman–Crippen MR) is 58.1 cm³/mol. The average Bonchev–Trinajstić information content (AvgIpc) is 2.16. The van der Waals surface area contributed by atoms with Crippen molar-refractivity contribution in [3.8, 4) is 0 Å². The largest absolute Gasteiger partial charge is 0.356 e. The lowest BCUT2D eigenvalue weighted by molar-refractivity contribution is -0.122. The van der Waals surface area contributed by atoms with Gasteiger partial charge in [0.2, 0.25) is 5.91 Å². The van der Waals surface area contributed by atoms with E-state index in [0.29, 0.717) is 18.3 Å². The van der Waals surface area contributed by atoms with Crippen molar-refractivity contribution in [2.45, 2.75) is 33.1 Å². The van der Waals surface area contributed by atoms with Crippen LogP contribution in [0.1, 0.15) is 33.1 Å². The summed E-state index contributed by atoms with van der Waals surface area (Å²) in [5.41, 5.74) is 0. The summed E-state index contributed by atoms with van der Waals surface area (Å²) >= 11 is 0. The molecule has 0 spiro atoms. The van der Waals surface area contributed by atoms with Crippen molar-refractivity contribution >= 4 is 5.91 Å². The number of carbonyl (C=O) groups excluding carboxylic acids is 1. The van der Waals surface area contributed by atoms with E-state index in [1.54, 1.807) is 0 Å². The molecule has 0 aliphatic carbocycles. The van der Waals surface area contributed by atoms with Crippen molar-refractivity contribution in [2.24, 2.45) is 11.8 Å². The number of carbonyl (C=O) groups is 1. The molecule has 14 heavy (non-hydrogen) atoms. The molecular formula is C11H22N2O. The SMILES string of the molecule is CC(C)CNC(=O)C[C@@H]1CCCNC1. The van der Waals surface area contributed by atoms with E-state index in [1.165, 1.54) is 12.8 Å². The van der Waals surface area contributed by atoms with Crippen molar-refractivity contribution in [2.75, 3.05) is 19.6 Å². The summed E-state index contributed by atoms with van der Waals surface area (Å²) in [5.74, 6) is 1.31. The number of nitrogens with one attached hydrogen (secondary N) is 2. The highest BCUT2D eigenvalue weighted by atomic mass is 16.1. The monoisotopic (exact) mass is 198 g/mol. The van der Waals surface area contributed by atoms with E-state index in [4.69, 9.17) is 0 Å². The molecule has 1 fully saturated rings. The van der Waals surface area contributed by atoms with Gasteiger partial charge in [-0.2, -0.15) is 0 Å². The molecule has 1 atom stereocenters. The fourth-order valence-corrected chi connectivity index (χ4v) is 1.75. The van der Waals surface area contributed by atoms with Crippen LogP contribution in [0.15, 0.2) is 0 Å². The zero-order valence-electron chi connectivity index (χ0n) is 9.31. The van der Waals surface area contributed by atoms with Crippen LogP contribution in [0, 0.1) is 11.8 Å². The van der Waals surface area contributed by atoms with Gasteiger partial charge in [-0.3, -0.25) is 4.79 Å². The summed E-state index contributed by atoms with van der Waals surface area (Å²) in [7, 11) is 0. The minimum atomic E-state index is 0.215. The summed E-state index contributed by atoms with van der Waals surface area (Å²) in [4.78, 5) is 11.5. The molecule has 0 saturated carbocycles. The Balaban J connectivity index is 2.12. The van der Waals surface area contributed by atoms with Crippen LogP contribution in [-0.4, -0.2) is 25.5 Å². The number of hydrogen-bond acceptors (Lipinski definition) is 2. The first-order valence-electron chi connectivity index (χ1n) is 5.66. The number of amides is 1. The van der Waals surface area contributed by atoms with Crippen LogP contribution in [0.2, 0.25) is 0 Å². The highest BCUT2D eigenvalue weighted by Crippen LogP contribution is 2.13. The molecule has 0 aromatic heterocycles. The van der Waals surface area contributed by atoms with Crippen molar-refractivity contribution in [1.82, 2.24) is 10.6 Å². The first-order valence-corrected chi connectivity index (χ1v) is 5.66. The van der Waals surface area contributed by atoms with Crippen LogP contribution in [0.25, 0.3) is 0 Å². The van der Waals surface area contributed by atoms with Gasteiger partial charge in [0, 0.05) is 13.0 Å². The van der Waals surface area contributed by atoms with Crippen LogP contribution in [0.3, 0.4) is 0 Å². The van der Waals surface area contributed by atoms with Crippen LogP contribution in [-0.2, 0) is 4.79 Å². The van der Waals surface area contributed by atoms with Gasteiger partial charge in [-0.15, -0.1) is 0 Å². The van der Waals surface area contributed by atoms with E-state index < -0.39 is 0 Å². The van der Waals surface area contributed by atoms with Gasteiger partial charge in [-0.25, -0.2) is 0 Å². The Morgan fingerprint density at radius 1 is 1.57 bits per heavy atom. The van der Waals surface area contributed by atoms with Gasteiger partial charge in [0.15, 0.2) is 0 Å². The van der Waals surface area contributed by atoms with Gasteiger partial charge < -0.3 is 10.6 Å². The molecule has 2 N–H and O–H groups in total. The molecule has 1 amide bonds. The molecule has 3 nitrogen and oxygen atoms in total. The summed E-state index contributed by atoms with van der Waals surface area (Å²) in [5, 5.41) is 6.29. The third-order valence-electron chi connectivity index (χ3n) is 2.58. The Morgan fingerprint density at radius 3 is 2.93 bits per heavy atom. The van der Waals surface area contributed by atoms with E-state index >= 15 is 0 Å². The van der Waals surface area contributed by atoms with Gasteiger partial charge in [0.1, 0.15) is 0 Å². The maximum absolute atomic E-state index is 11.5. The lowest BCUT2D eigenvalue weighted by Gasteiger charge is -2.22. The van der Waals surface area contributed by atoms with Gasteiger partial charge in [-0.05, 0) is 37.8 Å². The molecule has 0 aromatic carbocycles. The lowest BCUT2D eigenvalue weighted by Crippen LogP contribution is -2.35. The van der Waals surface area contributed by atoms with Gasteiger partial charge in [0.25, 0.3) is 0 Å². The fraction of sp³-hybridized carbons (Fsp3) is 0.909. The van der Waals surface area contributed by atoms with E-state index in [9.17, 15) is 4.79 Å². The minimum absolute atomic E-state index is 0.215. The predicted octanol–water partition coefficient (Wildman–Crippen LogP) is 1.15. The highest BCUT2D eigenvalue weighted by Gasteiger charge is 2.16. The van der Waals surface area contributed by atoms with Gasteiger partial charge in [0.05, 0.1) is 0 Å². The number of hydrogen-bond donors (Lipinski definition) is 2. The van der Waals surface area contributed by atoms with Gasteiger partial charge in [-0.1, -0.05) is 13.8 Å². The zero-order valence-corrected chi connectivity index (χ0v) is 9.31. The van der Waals surface area contributed by atoms with Crippen LogP contribution < -0.4 is 10.6 Å². The molecule has 1 aliphatic rings. The summed E-state index contributed by atoms with van der Waals surface area (Å²) in [6.45, 7) is 7.16. The third kappa shape index (κ3) is 4.61. The Bertz CT molecular complexity index is 174. The molecule has 82 valence electrons. The Morgan fingerprint density at radius 2 is 2.36 bits per heavy atom. The molecule has 0 radical (unpaired) electrons. The summed E-state index contributed by atoms with van der Waals surface area (Å²) < 4.78 is 0. The molecule has 1 saturated heterocycles. The molecular weight excluding hydrogens is 176 g/mol. The van der Waals surface area contributed by atoms with Gasteiger partial charge >= 0.3 is 0 Å². The topological polar surface area (TPSA) is 41.1 Å². The maximum atomic E-state index is 11.5. The molecule has 1 heterocycles. The normalized spacial score (nSPS) is 22.4. The molecule has 1 rings (SSSR count). The maximum Gasteiger partial charge on any atom is 0.220 e. The smallest absolute Gasteiger partial charge is 0.220 e. The molecule has 0 bridgehead atoms. The lowest BCUT2D eigenvalue weighted by atomic mass is 9.96. The van der Waals surface area contributed by atoms with E-state index in [2.05, 4.69) is 24.5 Å². The van der Waals surface area contributed by atoms with Crippen LogP contribution in [0.4, 0.5) is 0 Å². The second-order valence-electron chi connectivity index (χ2n) is 4.61. The molecule has 1 aliphatic heterocycles. The highest BCUT2D eigenvalue weighted by molar-refractivity contribution is 5.76. The first kappa shape index (κ1) is 11.5. The van der Waals surface area contributed by atoms with Crippen molar-refractivity contribution in [1.29, 1.82) is 0 Å². The Hall–Kier alpha value is -0.570. The average molecular weight is 198 g/mol. The summed E-state index contributed by atoms with van der Waals surface area (Å²) in [6.07, 6.45) is 3.10. The molecule has 0 unspecified atom stereocenters. The standard InChI is InChI=1S/C11H22N2O/c1-9(2)7-13-11(14)6-10-4-3-5-12-8-10/h9-10,12H,3-8H2,1-2H3,(H,13,14)/t10-/m0/s1. The molecule has 0 aromatic rings. The van der Waals surface area contributed by atoms with E-state index in [0.717, 1.165) is 19.6 Å². The summed E-state index contributed by atoms with van der Waals surface area (Å²) in [6, 6.07) is 0. The van der Waals surface area contributed by atoms with Crippen molar-refractivity contribution < 1.29 is 4.79 Å². The van der Waals surface area contributed by atoms with E-state index in [1.807, 2.05) is 0 Å². The van der Waals surface area contributed by atoms with Crippen LogP contribution >= 0.6 is 0 Å². The first-order chi connectivity index (χ1) is 6.68. The minimum Gasteiger partial charge on any atom is -0.356 e. The molecule has 3 heteroatoms. The van der Waals surface area contributed by atoms with Crippen molar-refractivity contribution in [3.63, 3.8) is 0 Å². The second-order valence-corrected chi connectivity index (χ2v) is 4.61. The zero-order chi connectivity index (χ0) is 10.4. The van der Waals surface area contributed by atoms with Crippen molar-refractivity contribution in [3.05, 3.63) is 0 Å². The Labute approximate surface area is 86.6 Å². The fourth-order valence-electron chi connectivity index (χ4n) is 1.75. The third-order valence-corrected chi connectivity index (χ3v) is 2.58. The quantitative estimate of drug-likeness (QED) is 0.711. The Kier molecular flexibility index (Phi) is 4.94. The number of piperidine rings is 1. The van der Waals surface area contributed by atoms with E-state index in [-0.39, 0.29) is 5.91 Å². The van der Waals surface area contributed by atoms with Crippen LogP contribution in [0.5, 0.6) is 0 Å². The second kappa shape index (κ2) is 6.02.